The van der Waals surface area contributed by atoms with Crippen molar-refractivity contribution in [1.29, 1.82) is 5.26 Å². The van der Waals surface area contributed by atoms with Crippen LogP contribution in [0, 0.1) is 23.2 Å². The van der Waals surface area contributed by atoms with E-state index in [0.29, 0.717) is 5.33 Å². The largest absolute Gasteiger partial charge is 0.507 e. The van der Waals surface area contributed by atoms with Gasteiger partial charge in [-0.2, -0.15) is 5.26 Å². The summed E-state index contributed by atoms with van der Waals surface area (Å²) in [4.78, 5) is 0. The van der Waals surface area contributed by atoms with Gasteiger partial charge in [0.25, 0.3) is 0 Å². The Morgan fingerprint density at radius 2 is 2.23 bits per heavy atom. The van der Waals surface area contributed by atoms with Gasteiger partial charge in [0, 0.05) is 5.56 Å². The first-order chi connectivity index (χ1) is 6.27. The lowest BCUT2D eigenvalue weighted by Gasteiger charge is -1.95. The minimum absolute atomic E-state index is 0.00751. The number of phenols is 1. The Hall–Kier alpha value is -1.45. The van der Waals surface area contributed by atoms with Gasteiger partial charge >= 0.3 is 0 Å². The Kier molecular flexibility index (Phi) is 3.37. The van der Waals surface area contributed by atoms with Gasteiger partial charge in [-0.1, -0.05) is 27.8 Å². The number of rotatable bonds is 0. The molecule has 2 nitrogen and oxygen atoms in total. The van der Waals surface area contributed by atoms with Crippen LogP contribution in [0.15, 0.2) is 18.2 Å². The third-order valence-electron chi connectivity index (χ3n) is 1.42. The fraction of sp³-hybridized carbons (Fsp3) is 0.100. The molecule has 0 saturated heterocycles. The van der Waals surface area contributed by atoms with Crippen molar-refractivity contribution in [2.24, 2.45) is 0 Å². The number of alkyl halides is 1. The summed E-state index contributed by atoms with van der Waals surface area (Å²) in [5.41, 5.74) is 0.982. The maximum Gasteiger partial charge on any atom is 0.133 e. The summed E-state index contributed by atoms with van der Waals surface area (Å²) in [6.07, 6.45) is 0. The Morgan fingerprint density at radius 1 is 1.46 bits per heavy atom. The monoisotopic (exact) mass is 235 g/mol. The van der Waals surface area contributed by atoms with Crippen LogP contribution >= 0.6 is 15.9 Å². The second kappa shape index (κ2) is 4.54. The standard InChI is InChI=1S/C10H6BrNO/c11-5-1-2-8-3-4-10(13)9(6-8)7-12/h3-4,6,13H,5H2. The Labute approximate surface area is 84.9 Å². The lowest BCUT2D eigenvalue weighted by molar-refractivity contribution is 0.473. The molecule has 0 aromatic heterocycles. The van der Waals surface area contributed by atoms with Gasteiger partial charge in [0.05, 0.1) is 10.9 Å². The normalized spacial score (nSPS) is 8.31. The van der Waals surface area contributed by atoms with E-state index < -0.39 is 0 Å². The maximum atomic E-state index is 9.18. The molecule has 1 aromatic carbocycles. The fourth-order valence-corrected chi connectivity index (χ4v) is 0.979. The molecular formula is C10H6BrNO. The van der Waals surface area contributed by atoms with Crippen molar-refractivity contribution in [3.05, 3.63) is 29.3 Å². The number of nitrogens with zero attached hydrogens (tertiary/aromatic N) is 1. The van der Waals surface area contributed by atoms with Gasteiger partial charge in [-0.05, 0) is 18.2 Å². The summed E-state index contributed by atoms with van der Waals surface area (Å²) in [5, 5.41) is 18.4. The van der Waals surface area contributed by atoms with E-state index in [1.54, 1.807) is 12.1 Å². The van der Waals surface area contributed by atoms with Gasteiger partial charge in [-0.15, -0.1) is 0 Å². The number of halogens is 1. The minimum Gasteiger partial charge on any atom is -0.507 e. The van der Waals surface area contributed by atoms with Crippen molar-refractivity contribution in [2.75, 3.05) is 5.33 Å². The van der Waals surface area contributed by atoms with E-state index >= 15 is 0 Å². The van der Waals surface area contributed by atoms with Crippen molar-refractivity contribution in [3.8, 4) is 23.7 Å². The van der Waals surface area contributed by atoms with Gasteiger partial charge in [0.1, 0.15) is 11.8 Å². The molecule has 0 spiro atoms. The first kappa shape index (κ1) is 9.64. The lowest BCUT2D eigenvalue weighted by atomic mass is 10.1. The molecule has 13 heavy (non-hydrogen) atoms. The number of aromatic hydroxyl groups is 1. The zero-order valence-corrected chi connectivity index (χ0v) is 8.30. The van der Waals surface area contributed by atoms with Crippen molar-refractivity contribution in [1.82, 2.24) is 0 Å². The highest BCUT2D eigenvalue weighted by molar-refractivity contribution is 9.09. The number of nitriles is 1. The summed E-state index contributed by atoms with van der Waals surface area (Å²) in [6.45, 7) is 0. The zero-order chi connectivity index (χ0) is 9.68. The molecule has 0 aliphatic heterocycles. The average molecular weight is 236 g/mol. The van der Waals surface area contributed by atoms with E-state index in [4.69, 9.17) is 5.26 Å². The second-order valence-corrected chi connectivity index (χ2v) is 2.84. The smallest absolute Gasteiger partial charge is 0.133 e. The molecule has 0 unspecified atom stereocenters. The maximum absolute atomic E-state index is 9.18. The molecular weight excluding hydrogens is 230 g/mol. The summed E-state index contributed by atoms with van der Waals surface area (Å²) in [7, 11) is 0. The number of phenolic OH excluding ortho intramolecular Hbond substituents is 1. The van der Waals surface area contributed by atoms with Crippen LogP contribution in [0.2, 0.25) is 0 Å². The zero-order valence-electron chi connectivity index (χ0n) is 6.71. The van der Waals surface area contributed by atoms with Crippen molar-refractivity contribution >= 4 is 15.9 Å². The predicted octanol–water partition coefficient (Wildman–Crippen LogP) is 2.01. The van der Waals surface area contributed by atoms with E-state index in [1.165, 1.54) is 6.07 Å². The van der Waals surface area contributed by atoms with Crippen LogP contribution in [0.5, 0.6) is 5.75 Å². The molecule has 0 fully saturated rings. The SMILES string of the molecule is N#Cc1cc(C#CCBr)ccc1O. The summed E-state index contributed by atoms with van der Waals surface area (Å²) in [6, 6.07) is 6.58. The summed E-state index contributed by atoms with van der Waals surface area (Å²) >= 11 is 3.17. The van der Waals surface area contributed by atoms with E-state index in [0.717, 1.165) is 5.56 Å². The summed E-state index contributed by atoms with van der Waals surface area (Å²) < 4.78 is 0. The fourth-order valence-electron chi connectivity index (χ4n) is 0.839. The number of benzene rings is 1. The number of hydrogen-bond acceptors (Lipinski definition) is 2. The van der Waals surface area contributed by atoms with Crippen molar-refractivity contribution in [2.45, 2.75) is 0 Å². The molecule has 0 atom stereocenters. The topological polar surface area (TPSA) is 44.0 Å². The lowest BCUT2D eigenvalue weighted by Crippen LogP contribution is -1.79. The third-order valence-corrected chi connectivity index (χ3v) is 1.70. The van der Waals surface area contributed by atoms with Crippen molar-refractivity contribution < 1.29 is 5.11 Å². The van der Waals surface area contributed by atoms with Crippen LogP contribution in [0.25, 0.3) is 0 Å². The molecule has 0 saturated carbocycles. The molecule has 1 aromatic rings. The summed E-state index contributed by atoms with van der Waals surface area (Å²) in [5.74, 6) is 5.64. The Bertz CT molecular complexity index is 409. The van der Waals surface area contributed by atoms with Crippen LogP contribution in [-0.4, -0.2) is 10.4 Å². The average Bonchev–Trinajstić information content (AvgIpc) is 2.16. The van der Waals surface area contributed by atoms with Gasteiger partial charge in [0.2, 0.25) is 0 Å². The van der Waals surface area contributed by atoms with Crippen LogP contribution in [0.3, 0.4) is 0 Å². The molecule has 0 aliphatic rings. The molecule has 0 amide bonds. The minimum atomic E-state index is -0.00751. The van der Waals surface area contributed by atoms with Crippen LogP contribution in [0.1, 0.15) is 11.1 Å². The molecule has 0 aliphatic carbocycles. The van der Waals surface area contributed by atoms with Crippen LogP contribution in [0.4, 0.5) is 0 Å². The van der Waals surface area contributed by atoms with Gasteiger partial charge in [-0.3, -0.25) is 0 Å². The molecule has 3 heteroatoms. The van der Waals surface area contributed by atoms with Gasteiger partial charge < -0.3 is 5.11 Å². The van der Waals surface area contributed by atoms with Crippen LogP contribution in [-0.2, 0) is 0 Å². The first-order valence-electron chi connectivity index (χ1n) is 3.56. The van der Waals surface area contributed by atoms with Gasteiger partial charge in [0.15, 0.2) is 0 Å². The van der Waals surface area contributed by atoms with Crippen molar-refractivity contribution in [3.63, 3.8) is 0 Å². The molecule has 0 radical (unpaired) electrons. The van der Waals surface area contributed by atoms with E-state index in [-0.39, 0.29) is 11.3 Å². The molecule has 1 N–H and O–H groups in total. The first-order valence-corrected chi connectivity index (χ1v) is 4.68. The molecule has 0 bridgehead atoms. The van der Waals surface area contributed by atoms with E-state index in [2.05, 4.69) is 27.8 Å². The number of hydrogen-bond donors (Lipinski definition) is 1. The molecule has 1 rings (SSSR count). The highest BCUT2D eigenvalue weighted by atomic mass is 79.9. The predicted molar refractivity (Wildman–Crippen MR) is 53.5 cm³/mol. The third kappa shape index (κ3) is 2.50. The molecule has 0 heterocycles. The van der Waals surface area contributed by atoms with Crippen LogP contribution < -0.4 is 0 Å². The highest BCUT2D eigenvalue weighted by Gasteiger charge is 1.98. The molecule has 64 valence electrons. The highest BCUT2D eigenvalue weighted by Crippen LogP contribution is 2.16. The van der Waals surface area contributed by atoms with Gasteiger partial charge in [-0.25, -0.2) is 0 Å². The second-order valence-electron chi connectivity index (χ2n) is 2.28. The quantitative estimate of drug-likeness (QED) is 0.553. The van der Waals surface area contributed by atoms with E-state index in [1.807, 2.05) is 6.07 Å². The van der Waals surface area contributed by atoms with E-state index in [9.17, 15) is 5.11 Å². The Balaban J connectivity index is 3.08. The Morgan fingerprint density at radius 3 is 2.85 bits per heavy atom.